The molecule has 10 heterocycles. The molecule has 5 saturated heterocycles. The minimum Gasteiger partial charge on any atom is -0.393 e. The first-order chi connectivity index (χ1) is 43.5. The number of rotatable bonds is 16. The fraction of sp³-hybridized carbons (Fsp3) is 0.658. The number of nitrogens with zero attached hydrogens (tertiary/aromatic N) is 10. The fourth-order valence-electron chi connectivity index (χ4n) is 12.6. The van der Waals surface area contributed by atoms with Gasteiger partial charge in [-0.2, -0.15) is 0 Å². The number of pyridine rings is 5. The zero-order valence-electron chi connectivity index (χ0n) is 58.0. The molecule has 5 aliphatic rings. The molecule has 5 fully saturated rings. The molecule has 10 atom stereocenters. The summed E-state index contributed by atoms with van der Waals surface area (Å²) in [6.45, 7) is 34.6. The molecular weight excluding hydrogens is 1140 g/mol. The lowest BCUT2D eigenvalue weighted by Gasteiger charge is -2.37. The van der Waals surface area contributed by atoms with Crippen LogP contribution in [0.1, 0.15) is 186 Å². The van der Waals surface area contributed by atoms with Crippen LogP contribution in [0, 0.1) is 17.8 Å². The van der Waals surface area contributed by atoms with Gasteiger partial charge in [0.05, 0.1) is 110 Å². The predicted octanol–water partition coefficient (Wildman–Crippen LogP) is 11.2. The monoisotopic (exact) mass is 1260 g/mol. The molecule has 2 unspecified atom stereocenters. The van der Waals surface area contributed by atoms with Gasteiger partial charge in [-0.15, -0.1) is 0 Å². The molecule has 5 aromatic rings. The van der Waals surface area contributed by atoms with Crippen molar-refractivity contribution in [2.45, 2.75) is 200 Å². The van der Waals surface area contributed by atoms with Gasteiger partial charge in [0.15, 0.2) is 0 Å². The molecular formula is C73H116N10O8. The molecule has 0 aromatic carbocycles. The molecule has 91 heavy (non-hydrogen) atoms. The maximum absolute atomic E-state index is 9.96. The third-order valence-electron chi connectivity index (χ3n) is 18.5. The lowest BCUT2D eigenvalue weighted by atomic mass is 9.95. The molecule has 506 valence electrons. The summed E-state index contributed by atoms with van der Waals surface area (Å²) in [6, 6.07) is 22.0. The van der Waals surface area contributed by atoms with Crippen molar-refractivity contribution in [1.29, 1.82) is 0 Å². The molecule has 5 aromatic heterocycles. The highest BCUT2D eigenvalue weighted by Gasteiger charge is 2.31. The molecule has 0 amide bonds. The summed E-state index contributed by atoms with van der Waals surface area (Å²) >= 11 is 0. The molecule has 0 saturated carbocycles. The summed E-state index contributed by atoms with van der Waals surface area (Å²) in [5, 5.41) is 49.1. The van der Waals surface area contributed by atoms with Crippen molar-refractivity contribution in [2.24, 2.45) is 17.8 Å². The Bertz CT molecular complexity index is 2520. The number of hydrogen-bond acceptors (Lipinski definition) is 18. The fourth-order valence-corrected chi connectivity index (χ4v) is 12.6. The summed E-state index contributed by atoms with van der Waals surface area (Å²) < 4.78 is 15.6. The number of aliphatic hydroxyl groups excluding tert-OH is 5. The topological polar surface area (TPSA) is 209 Å². The smallest absolute Gasteiger partial charge is 0.0624 e. The molecule has 5 aliphatic heterocycles. The summed E-state index contributed by atoms with van der Waals surface area (Å²) in [6.07, 6.45) is 14.5. The molecule has 10 rings (SSSR count). The van der Waals surface area contributed by atoms with Crippen LogP contribution < -0.4 is 24.5 Å². The highest BCUT2D eigenvalue weighted by molar-refractivity contribution is 5.49. The normalized spacial score (nSPS) is 24.5. The highest BCUT2D eigenvalue weighted by atomic mass is 16.5. The Labute approximate surface area is 546 Å². The first-order valence-corrected chi connectivity index (χ1v) is 33.9. The van der Waals surface area contributed by atoms with E-state index in [0.717, 1.165) is 143 Å². The van der Waals surface area contributed by atoms with E-state index in [9.17, 15) is 25.5 Å². The van der Waals surface area contributed by atoms with Crippen LogP contribution in [0.5, 0.6) is 0 Å². The standard InChI is InChI=1S/3C15H24N2O2.2C14H22N2O/c3*1-11(2)14-5-4-13(8-16-14)17-7-6-15(18)12(9-17)10-19-3;2*1-10(2)14-5-4-12(9-15-14)16-7-6-13(17)8-11(16)3/h3*4-5,8,11-12,15,18H,6-7,9-10H2,1-3H3;2*4-5,9-11,13,17H,6-8H2,1-3H3/t2*12-,15+;12-,15-;11-,13-;/m1000./s1. The Morgan fingerprint density at radius 3 is 0.802 bits per heavy atom. The second kappa shape index (κ2) is 37.4. The van der Waals surface area contributed by atoms with Gasteiger partial charge < -0.3 is 64.2 Å². The summed E-state index contributed by atoms with van der Waals surface area (Å²) in [4.78, 5) is 34.1. The number of anilines is 5. The highest BCUT2D eigenvalue weighted by Crippen LogP contribution is 2.30. The van der Waals surface area contributed by atoms with Gasteiger partial charge in [-0.05, 0) is 149 Å². The van der Waals surface area contributed by atoms with Crippen molar-refractivity contribution >= 4 is 28.4 Å². The number of methoxy groups -OCH3 is 3. The molecule has 5 N–H and O–H groups in total. The summed E-state index contributed by atoms with van der Waals surface area (Å²) in [5.74, 6) is 2.88. The van der Waals surface area contributed by atoms with Crippen LogP contribution in [0.4, 0.5) is 28.4 Å². The van der Waals surface area contributed by atoms with E-state index in [2.05, 4.69) is 193 Å². The number of hydrogen-bond donors (Lipinski definition) is 5. The number of piperidine rings is 5. The van der Waals surface area contributed by atoms with Gasteiger partial charge in [-0.3, -0.25) is 24.9 Å². The molecule has 0 radical (unpaired) electrons. The molecule has 18 heteroatoms. The van der Waals surface area contributed by atoms with Crippen LogP contribution >= 0.6 is 0 Å². The Kier molecular flexibility index (Phi) is 30.6. The summed E-state index contributed by atoms with van der Waals surface area (Å²) in [7, 11) is 5.06. The minimum absolute atomic E-state index is 0.135. The van der Waals surface area contributed by atoms with Crippen molar-refractivity contribution in [2.75, 3.05) is 118 Å². The Morgan fingerprint density at radius 2 is 0.604 bits per heavy atom. The largest absolute Gasteiger partial charge is 0.393 e. The second-order valence-electron chi connectivity index (χ2n) is 27.5. The lowest BCUT2D eigenvalue weighted by molar-refractivity contribution is 0.0357. The van der Waals surface area contributed by atoms with E-state index >= 15 is 0 Å². The van der Waals surface area contributed by atoms with Gasteiger partial charge in [0.2, 0.25) is 0 Å². The van der Waals surface area contributed by atoms with Crippen molar-refractivity contribution in [3.05, 3.63) is 120 Å². The molecule has 0 bridgehead atoms. The maximum atomic E-state index is 9.96. The zero-order chi connectivity index (χ0) is 66.3. The maximum Gasteiger partial charge on any atom is 0.0624 e. The van der Waals surface area contributed by atoms with Gasteiger partial charge in [0, 0.05) is 132 Å². The Morgan fingerprint density at radius 1 is 0.363 bits per heavy atom. The Balaban J connectivity index is 0.000000181. The van der Waals surface area contributed by atoms with Gasteiger partial charge in [-0.1, -0.05) is 69.2 Å². The van der Waals surface area contributed by atoms with Crippen LogP contribution in [0.25, 0.3) is 0 Å². The van der Waals surface area contributed by atoms with Crippen molar-refractivity contribution in [1.82, 2.24) is 24.9 Å². The van der Waals surface area contributed by atoms with E-state index in [4.69, 9.17) is 14.2 Å². The van der Waals surface area contributed by atoms with Gasteiger partial charge >= 0.3 is 0 Å². The van der Waals surface area contributed by atoms with Crippen LogP contribution in [-0.2, 0) is 14.2 Å². The predicted molar refractivity (Wildman–Crippen MR) is 370 cm³/mol. The van der Waals surface area contributed by atoms with Crippen LogP contribution in [-0.4, -0.2) is 187 Å². The first kappa shape index (κ1) is 74.5. The minimum atomic E-state index is -0.251. The van der Waals surface area contributed by atoms with Crippen molar-refractivity contribution in [3.63, 3.8) is 0 Å². The van der Waals surface area contributed by atoms with Gasteiger partial charge in [0.25, 0.3) is 0 Å². The van der Waals surface area contributed by atoms with Gasteiger partial charge in [0.1, 0.15) is 0 Å². The average Bonchev–Trinajstić information content (AvgIpc) is 2.42. The number of ether oxygens (including phenoxy) is 3. The van der Waals surface area contributed by atoms with Crippen molar-refractivity contribution in [3.8, 4) is 0 Å². The Hall–Kier alpha value is -5.57. The SMILES string of the molecule is CC(C)c1ccc(N2CCC(O)CC2C)cn1.CC(C)c1ccc(N2CC[C@H](O)C[C@@H]2C)cn1.COC[C@@H]1CN(c2ccc(C(C)C)nc2)CC[C@@H]1O.COC[C@@H]1CN(c2ccc(C(C)C)nc2)CC[C@H]1O.COC[C@H]1CN(c2ccc(C(C)C)nc2)CC[C@@H]1O. The number of aromatic nitrogens is 5. The number of aliphatic hydroxyl groups is 5. The first-order valence-electron chi connectivity index (χ1n) is 33.9. The third kappa shape index (κ3) is 22.9. The summed E-state index contributed by atoms with van der Waals surface area (Å²) in [5.41, 5.74) is 11.4. The molecule has 18 nitrogen and oxygen atoms in total. The van der Waals surface area contributed by atoms with E-state index < -0.39 is 0 Å². The lowest BCUT2D eigenvalue weighted by Crippen LogP contribution is -2.45. The van der Waals surface area contributed by atoms with E-state index in [-0.39, 0.29) is 48.3 Å². The quantitative estimate of drug-likeness (QED) is 0.0622. The van der Waals surface area contributed by atoms with E-state index in [1.165, 1.54) is 11.4 Å². The van der Waals surface area contributed by atoms with Crippen LogP contribution in [0.3, 0.4) is 0 Å². The van der Waals surface area contributed by atoms with Gasteiger partial charge in [-0.25, -0.2) is 0 Å². The average molecular weight is 1260 g/mol. The van der Waals surface area contributed by atoms with E-state index in [1.54, 1.807) is 21.3 Å². The third-order valence-corrected chi connectivity index (χ3v) is 18.5. The molecule has 0 spiro atoms. The molecule has 0 aliphatic carbocycles. The van der Waals surface area contributed by atoms with Crippen LogP contribution in [0.15, 0.2) is 91.6 Å². The van der Waals surface area contributed by atoms with E-state index in [0.29, 0.717) is 61.5 Å². The second-order valence-corrected chi connectivity index (χ2v) is 27.5. The zero-order valence-corrected chi connectivity index (χ0v) is 58.0. The van der Waals surface area contributed by atoms with E-state index in [1.807, 2.05) is 31.0 Å². The van der Waals surface area contributed by atoms with Crippen molar-refractivity contribution < 1.29 is 39.7 Å². The van der Waals surface area contributed by atoms with Crippen LogP contribution in [0.2, 0.25) is 0 Å².